The molecule has 2 aliphatic rings. The summed E-state index contributed by atoms with van der Waals surface area (Å²) >= 11 is 0. The second kappa shape index (κ2) is 5.38. The monoisotopic (exact) mass is 238 g/mol. The van der Waals surface area contributed by atoms with Gasteiger partial charge >= 0.3 is 0 Å². The largest absolute Gasteiger partial charge is 0.338 e. The van der Waals surface area contributed by atoms with Gasteiger partial charge in [0.1, 0.15) is 0 Å². The van der Waals surface area contributed by atoms with E-state index < -0.39 is 0 Å². The second-order valence-corrected chi connectivity index (χ2v) is 5.85. The lowest BCUT2D eigenvalue weighted by Gasteiger charge is -2.37. The fraction of sp³-hybridized carbons (Fsp3) is 0.929. The molecule has 98 valence electrons. The van der Waals surface area contributed by atoms with Crippen LogP contribution in [0.25, 0.3) is 0 Å². The lowest BCUT2D eigenvalue weighted by molar-refractivity contribution is -0.132. The molecule has 2 fully saturated rings. The SMILES string of the molecule is CCNC1CCN(C2CCC(C)C(C)C2)C1=O. The zero-order valence-corrected chi connectivity index (χ0v) is 11.4. The van der Waals surface area contributed by atoms with Gasteiger partial charge in [-0.15, -0.1) is 0 Å². The van der Waals surface area contributed by atoms with Gasteiger partial charge < -0.3 is 10.2 Å². The molecule has 0 spiro atoms. The van der Waals surface area contributed by atoms with Gasteiger partial charge in [-0.3, -0.25) is 4.79 Å². The molecule has 2 rings (SSSR count). The van der Waals surface area contributed by atoms with Crippen LogP contribution in [0.4, 0.5) is 0 Å². The van der Waals surface area contributed by atoms with Crippen LogP contribution < -0.4 is 5.32 Å². The number of nitrogens with one attached hydrogen (secondary N) is 1. The van der Waals surface area contributed by atoms with E-state index in [9.17, 15) is 4.79 Å². The third-order valence-electron chi connectivity index (χ3n) is 4.70. The maximum Gasteiger partial charge on any atom is 0.240 e. The first-order chi connectivity index (χ1) is 8.13. The van der Waals surface area contributed by atoms with Gasteiger partial charge in [-0.1, -0.05) is 20.8 Å². The number of hydrogen-bond donors (Lipinski definition) is 1. The zero-order chi connectivity index (χ0) is 12.4. The number of hydrogen-bond acceptors (Lipinski definition) is 2. The van der Waals surface area contributed by atoms with Crippen LogP contribution in [0.15, 0.2) is 0 Å². The van der Waals surface area contributed by atoms with Crippen molar-refractivity contribution in [1.29, 1.82) is 0 Å². The van der Waals surface area contributed by atoms with Crippen molar-refractivity contribution in [1.82, 2.24) is 10.2 Å². The Balaban J connectivity index is 1.93. The standard InChI is InChI=1S/C14H26N2O/c1-4-15-13-7-8-16(14(13)17)12-6-5-10(2)11(3)9-12/h10-13,15H,4-9H2,1-3H3. The molecule has 17 heavy (non-hydrogen) atoms. The van der Waals surface area contributed by atoms with E-state index in [-0.39, 0.29) is 6.04 Å². The highest BCUT2D eigenvalue weighted by Crippen LogP contribution is 2.33. The van der Waals surface area contributed by atoms with Gasteiger partial charge in [0.15, 0.2) is 0 Å². The van der Waals surface area contributed by atoms with Crippen molar-refractivity contribution in [2.24, 2.45) is 11.8 Å². The molecule has 4 atom stereocenters. The lowest BCUT2D eigenvalue weighted by Crippen LogP contribution is -2.45. The van der Waals surface area contributed by atoms with Crippen LogP contribution in [0.3, 0.4) is 0 Å². The summed E-state index contributed by atoms with van der Waals surface area (Å²) < 4.78 is 0. The minimum atomic E-state index is 0.0923. The molecule has 0 bridgehead atoms. The van der Waals surface area contributed by atoms with Crippen molar-refractivity contribution >= 4 is 5.91 Å². The van der Waals surface area contributed by atoms with Gasteiger partial charge in [0.05, 0.1) is 6.04 Å². The number of carbonyl (C=O) groups excluding carboxylic acids is 1. The molecule has 0 aromatic rings. The predicted molar refractivity (Wildman–Crippen MR) is 69.8 cm³/mol. The summed E-state index contributed by atoms with van der Waals surface area (Å²) in [7, 11) is 0. The van der Waals surface area contributed by atoms with Crippen molar-refractivity contribution in [3.63, 3.8) is 0 Å². The Kier molecular flexibility index (Phi) is 4.08. The summed E-state index contributed by atoms with van der Waals surface area (Å²) in [5, 5.41) is 3.29. The Morgan fingerprint density at radius 2 is 2.00 bits per heavy atom. The molecule has 1 heterocycles. The van der Waals surface area contributed by atoms with E-state index >= 15 is 0 Å². The third kappa shape index (κ3) is 2.65. The van der Waals surface area contributed by atoms with Crippen LogP contribution in [0.5, 0.6) is 0 Å². The summed E-state index contributed by atoms with van der Waals surface area (Å²) in [6.07, 6.45) is 4.68. The van der Waals surface area contributed by atoms with E-state index in [0.29, 0.717) is 11.9 Å². The Labute approximate surface area is 105 Å². The third-order valence-corrected chi connectivity index (χ3v) is 4.70. The van der Waals surface area contributed by atoms with Crippen LogP contribution in [-0.2, 0) is 4.79 Å². The maximum absolute atomic E-state index is 12.2. The van der Waals surface area contributed by atoms with E-state index in [4.69, 9.17) is 0 Å². The summed E-state index contributed by atoms with van der Waals surface area (Å²) in [5.74, 6) is 1.94. The number of rotatable bonds is 3. The van der Waals surface area contributed by atoms with Crippen molar-refractivity contribution < 1.29 is 4.79 Å². The quantitative estimate of drug-likeness (QED) is 0.816. The van der Waals surface area contributed by atoms with E-state index in [1.807, 2.05) is 0 Å². The molecule has 0 radical (unpaired) electrons. The van der Waals surface area contributed by atoms with E-state index in [2.05, 4.69) is 31.0 Å². The van der Waals surface area contributed by atoms with Crippen LogP contribution in [0, 0.1) is 11.8 Å². The average Bonchev–Trinajstić information content (AvgIpc) is 2.66. The molecule has 1 aliphatic heterocycles. The summed E-state index contributed by atoms with van der Waals surface area (Å²) in [5.41, 5.74) is 0. The normalized spacial score (nSPS) is 38.8. The fourth-order valence-corrected chi connectivity index (χ4v) is 3.30. The molecule has 1 amide bonds. The van der Waals surface area contributed by atoms with Gasteiger partial charge in [0.25, 0.3) is 0 Å². The van der Waals surface area contributed by atoms with Gasteiger partial charge in [-0.05, 0) is 44.1 Å². The van der Waals surface area contributed by atoms with Crippen LogP contribution in [-0.4, -0.2) is 36.0 Å². The zero-order valence-electron chi connectivity index (χ0n) is 11.4. The first-order valence-corrected chi connectivity index (χ1v) is 7.17. The lowest BCUT2D eigenvalue weighted by atomic mass is 9.78. The van der Waals surface area contributed by atoms with Gasteiger partial charge in [-0.25, -0.2) is 0 Å². The molecule has 0 aromatic heterocycles. The summed E-state index contributed by atoms with van der Waals surface area (Å²) in [6.45, 7) is 8.60. The summed E-state index contributed by atoms with van der Waals surface area (Å²) in [4.78, 5) is 14.4. The predicted octanol–water partition coefficient (Wildman–Crippen LogP) is 2.02. The Hall–Kier alpha value is -0.570. The molecular formula is C14H26N2O. The van der Waals surface area contributed by atoms with Crippen LogP contribution in [0.1, 0.15) is 46.5 Å². The van der Waals surface area contributed by atoms with Gasteiger partial charge in [0.2, 0.25) is 5.91 Å². The Morgan fingerprint density at radius 1 is 1.24 bits per heavy atom. The highest BCUT2D eigenvalue weighted by Gasteiger charge is 2.37. The Morgan fingerprint density at radius 3 is 2.65 bits per heavy atom. The fourth-order valence-electron chi connectivity index (χ4n) is 3.30. The van der Waals surface area contributed by atoms with Gasteiger partial charge in [0, 0.05) is 12.6 Å². The molecular weight excluding hydrogens is 212 g/mol. The molecule has 3 heteroatoms. The van der Waals surface area contributed by atoms with E-state index in [1.54, 1.807) is 0 Å². The molecule has 0 aromatic carbocycles. The smallest absolute Gasteiger partial charge is 0.240 e. The number of likely N-dealkylation sites (N-methyl/N-ethyl adjacent to an activating group) is 1. The molecule has 1 saturated heterocycles. The molecule has 1 N–H and O–H groups in total. The average molecular weight is 238 g/mol. The van der Waals surface area contributed by atoms with Crippen molar-refractivity contribution in [2.45, 2.75) is 58.5 Å². The second-order valence-electron chi connectivity index (χ2n) is 5.85. The maximum atomic E-state index is 12.2. The molecule has 1 aliphatic carbocycles. The molecule has 4 unspecified atom stereocenters. The first kappa shape index (κ1) is 12.9. The number of likely N-dealkylation sites (tertiary alicyclic amines) is 1. The molecule has 3 nitrogen and oxygen atoms in total. The van der Waals surface area contributed by atoms with E-state index in [0.717, 1.165) is 31.3 Å². The number of amides is 1. The summed E-state index contributed by atoms with van der Waals surface area (Å²) in [6, 6.07) is 0.604. The minimum absolute atomic E-state index is 0.0923. The highest BCUT2D eigenvalue weighted by molar-refractivity contribution is 5.84. The van der Waals surface area contributed by atoms with Crippen molar-refractivity contribution in [2.75, 3.05) is 13.1 Å². The first-order valence-electron chi connectivity index (χ1n) is 7.17. The van der Waals surface area contributed by atoms with Crippen LogP contribution >= 0.6 is 0 Å². The Bertz CT molecular complexity index is 279. The number of nitrogens with zero attached hydrogens (tertiary/aromatic N) is 1. The van der Waals surface area contributed by atoms with Gasteiger partial charge in [-0.2, -0.15) is 0 Å². The topological polar surface area (TPSA) is 32.3 Å². The number of carbonyl (C=O) groups is 1. The molecule has 1 saturated carbocycles. The van der Waals surface area contributed by atoms with Crippen molar-refractivity contribution in [3.8, 4) is 0 Å². The highest BCUT2D eigenvalue weighted by atomic mass is 16.2. The van der Waals surface area contributed by atoms with Crippen molar-refractivity contribution in [3.05, 3.63) is 0 Å². The minimum Gasteiger partial charge on any atom is -0.338 e. The van der Waals surface area contributed by atoms with E-state index in [1.165, 1.54) is 19.3 Å². The van der Waals surface area contributed by atoms with Crippen LogP contribution in [0.2, 0.25) is 0 Å².